The van der Waals surface area contributed by atoms with Crippen LogP contribution in [0.2, 0.25) is 0 Å². The van der Waals surface area contributed by atoms with Gasteiger partial charge in [0, 0.05) is 56.8 Å². The number of halogens is 1. The van der Waals surface area contributed by atoms with Crippen LogP contribution in [0.5, 0.6) is 5.75 Å². The molecule has 1 aliphatic rings. The van der Waals surface area contributed by atoms with Gasteiger partial charge in [0.1, 0.15) is 5.75 Å². The van der Waals surface area contributed by atoms with Crippen molar-refractivity contribution in [3.05, 3.63) is 40.3 Å². The lowest BCUT2D eigenvalue weighted by Crippen LogP contribution is -2.52. The van der Waals surface area contributed by atoms with E-state index in [1.54, 1.807) is 18.4 Å². The molecular weight excluding hydrogens is 497 g/mol. The molecule has 0 spiro atoms. The summed E-state index contributed by atoms with van der Waals surface area (Å²) in [5.74, 6) is 1.96. The number of hydrogen-bond acceptors (Lipinski definition) is 5. The van der Waals surface area contributed by atoms with E-state index < -0.39 is 0 Å². The number of rotatable bonds is 7. The van der Waals surface area contributed by atoms with Gasteiger partial charge in [-0.25, -0.2) is 4.98 Å². The average Bonchev–Trinajstić information content (AvgIpc) is 3.15. The second kappa shape index (κ2) is 12.2. The molecule has 0 radical (unpaired) electrons. The number of para-hydroxylation sites is 2. The Morgan fingerprint density at radius 3 is 2.66 bits per heavy atom. The molecule has 0 unspecified atom stereocenters. The molecule has 160 valence electrons. The monoisotopic (exact) mass is 529 g/mol. The van der Waals surface area contributed by atoms with E-state index >= 15 is 0 Å². The summed E-state index contributed by atoms with van der Waals surface area (Å²) in [6, 6.07) is 8.24. The average molecular weight is 529 g/mol. The molecule has 0 aliphatic carbocycles. The van der Waals surface area contributed by atoms with Gasteiger partial charge in [0.2, 0.25) is 0 Å². The van der Waals surface area contributed by atoms with Crippen molar-refractivity contribution >= 4 is 47.0 Å². The minimum atomic E-state index is 0. The van der Waals surface area contributed by atoms with Crippen LogP contribution < -0.4 is 15.0 Å². The maximum Gasteiger partial charge on any atom is 0.194 e. The van der Waals surface area contributed by atoms with E-state index in [4.69, 9.17) is 9.73 Å². The van der Waals surface area contributed by atoms with Gasteiger partial charge in [-0.2, -0.15) is 0 Å². The Bertz CT molecular complexity index is 774. The summed E-state index contributed by atoms with van der Waals surface area (Å²) in [7, 11) is 1.73. The van der Waals surface area contributed by atoms with E-state index in [1.165, 1.54) is 10.7 Å². The number of benzene rings is 1. The summed E-state index contributed by atoms with van der Waals surface area (Å²) < 4.78 is 5.52. The molecule has 1 saturated heterocycles. The van der Waals surface area contributed by atoms with Crippen LogP contribution in [0.15, 0.2) is 34.6 Å². The van der Waals surface area contributed by atoms with Gasteiger partial charge in [0.25, 0.3) is 0 Å². The number of nitrogens with zero attached hydrogens (tertiary/aromatic N) is 4. The molecule has 1 aromatic heterocycles. The molecule has 2 aromatic rings. The SMILES string of the molecule is CCNC(=NCCCc1nc(C)cs1)N1CCN(c2ccccc2OC)CC1.I. The largest absolute Gasteiger partial charge is 0.495 e. The molecule has 0 atom stereocenters. The number of nitrogens with one attached hydrogen (secondary N) is 1. The topological polar surface area (TPSA) is 53.0 Å². The third kappa shape index (κ3) is 6.74. The Morgan fingerprint density at radius 1 is 1.24 bits per heavy atom. The van der Waals surface area contributed by atoms with Gasteiger partial charge in [-0.15, -0.1) is 35.3 Å². The van der Waals surface area contributed by atoms with Gasteiger partial charge in [-0.3, -0.25) is 4.99 Å². The number of aromatic nitrogens is 1. The number of guanidine groups is 1. The first-order valence-electron chi connectivity index (χ1n) is 10.0. The van der Waals surface area contributed by atoms with Crippen LogP contribution in [0.4, 0.5) is 5.69 Å². The minimum Gasteiger partial charge on any atom is -0.495 e. The van der Waals surface area contributed by atoms with Crippen LogP contribution in [-0.2, 0) is 6.42 Å². The second-order valence-electron chi connectivity index (χ2n) is 6.87. The Kier molecular flexibility index (Phi) is 9.99. The predicted molar refractivity (Wildman–Crippen MR) is 133 cm³/mol. The van der Waals surface area contributed by atoms with Gasteiger partial charge in [-0.05, 0) is 32.4 Å². The van der Waals surface area contributed by atoms with Crippen LogP contribution in [0.1, 0.15) is 24.0 Å². The van der Waals surface area contributed by atoms with E-state index in [9.17, 15) is 0 Å². The highest BCUT2D eigenvalue weighted by Gasteiger charge is 2.21. The lowest BCUT2D eigenvalue weighted by molar-refractivity contribution is 0.367. The number of thiazole rings is 1. The normalized spacial score (nSPS) is 14.5. The summed E-state index contributed by atoms with van der Waals surface area (Å²) >= 11 is 1.75. The summed E-state index contributed by atoms with van der Waals surface area (Å²) in [4.78, 5) is 14.1. The molecule has 0 saturated carbocycles. The predicted octanol–water partition coefficient (Wildman–Crippen LogP) is 3.80. The van der Waals surface area contributed by atoms with Gasteiger partial charge < -0.3 is 19.9 Å². The Hall–Kier alpha value is -1.55. The minimum absolute atomic E-state index is 0. The fraction of sp³-hybridized carbons (Fsp3) is 0.524. The van der Waals surface area contributed by atoms with Crippen molar-refractivity contribution in [3.63, 3.8) is 0 Å². The number of aryl methyl sites for hydroxylation is 2. The van der Waals surface area contributed by atoms with Crippen molar-refractivity contribution in [1.29, 1.82) is 0 Å². The summed E-state index contributed by atoms with van der Waals surface area (Å²) in [6.45, 7) is 9.72. The van der Waals surface area contributed by atoms with E-state index in [-0.39, 0.29) is 24.0 Å². The zero-order chi connectivity index (χ0) is 19.8. The number of ether oxygens (including phenoxy) is 1. The molecule has 0 bridgehead atoms. The molecular formula is C21H32IN5OS. The Balaban J connectivity index is 0.00000300. The number of hydrogen-bond donors (Lipinski definition) is 1. The van der Waals surface area contributed by atoms with Gasteiger partial charge in [0.15, 0.2) is 5.96 Å². The third-order valence-electron chi connectivity index (χ3n) is 4.82. The highest BCUT2D eigenvalue weighted by atomic mass is 127. The number of methoxy groups -OCH3 is 1. The molecule has 1 fully saturated rings. The van der Waals surface area contributed by atoms with Crippen LogP contribution in [-0.4, -0.2) is 62.2 Å². The van der Waals surface area contributed by atoms with E-state index in [0.29, 0.717) is 0 Å². The van der Waals surface area contributed by atoms with Crippen LogP contribution in [0.3, 0.4) is 0 Å². The summed E-state index contributed by atoms with van der Waals surface area (Å²) in [5, 5.41) is 6.78. The fourth-order valence-corrected chi connectivity index (χ4v) is 4.23. The van der Waals surface area contributed by atoms with Gasteiger partial charge >= 0.3 is 0 Å². The van der Waals surface area contributed by atoms with Gasteiger partial charge in [-0.1, -0.05) is 12.1 Å². The number of piperazine rings is 1. The summed E-state index contributed by atoms with van der Waals surface area (Å²) in [5.41, 5.74) is 2.29. The molecule has 1 aromatic carbocycles. The maximum atomic E-state index is 5.52. The highest BCUT2D eigenvalue weighted by Crippen LogP contribution is 2.28. The molecule has 8 heteroatoms. The Labute approximate surface area is 195 Å². The lowest BCUT2D eigenvalue weighted by atomic mass is 10.2. The van der Waals surface area contributed by atoms with Crippen molar-refractivity contribution in [3.8, 4) is 5.75 Å². The second-order valence-corrected chi connectivity index (χ2v) is 7.81. The standard InChI is InChI=1S/C21H31N5OS.HI/c1-4-22-21(23-11-7-10-20-24-17(2)16-28-20)26-14-12-25(13-15-26)18-8-5-6-9-19(18)27-3;/h5-6,8-9,16H,4,7,10-15H2,1-3H3,(H,22,23);1H. The highest BCUT2D eigenvalue weighted by molar-refractivity contribution is 14.0. The zero-order valence-electron chi connectivity index (χ0n) is 17.6. The third-order valence-corrected chi connectivity index (χ3v) is 5.84. The van der Waals surface area contributed by atoms with Crippen LogP contribution in [0, 0.1) is 6.92 Å². The number of aliphatic imine (C=N–C) groups is 1. The van der Waals surface area contributed by atoms with Crippen LogP contribution >= 0.6 is 35.3 Å². The molecule has 29 heavy (non-hydrogen) atoms. The van der Waals surface area contributed by atoms with Crippen molar-refractivity contribution in [2.45, 2.75) is 26.7 Å². The van der Waals surface area contributed by atoms with Crippen LogP contribution in [0.25, 0.3) is 0 Å². The van der Waals surface area contributed by atoms with Gasteiger partial charge in [0.05, 0.1) is 17.8 Å². The molecule has 0 amide bonds. The van der Waals surface area contributed by atoms with Crippen molar-refractivity contribution < 1.29 is 4.74 Å². The number of anilines is 1. The summed E-state index contributed by atoms with van der Waals surface area (Å²) in [6.07, 6.45) is 2.03. The van der Waals surface area contributed by atoms with Crippen molar-refractivity contribution in [1.82, 2.24) is 15.2 Å². The molecule has 1 aliphatic heterocycles. The maximum absolute atomic E-state index is 5.52. The first-order valence-corrected chi connectivity index (χ1v) is 10.9. The molecule has 6 nitrogen and oxygen atoms in total. The molecule has 2 heterocycles. The smallest absolute Gasteiger partial charge is 0.194 e. The fourth-order valence-electron chi connectivity index (χ4n) is 3.41. The molecule has 1 N–H and O–H groups in total. The van der Waals surface area contributed by atoms with E-state index in [1.807, 2.05) is 19.1 Å². The Morgan fingerprint density at radius 2 is 2.00 bits per heavy atom. The first kappa shape index (κ1) is 23.7. The van der Waals surface area contributed by atoms with E-state index in [0.717, 1.165) is 69.5 Å². The van der Waals surface area contributed by atoms with Crippen molar-refractivity contribution in [2.24, 2.45) is 4.99 Å². The lowest BCUT2D eigenvalue weighted by Gasteiger charge is -2.38. The molecule has 3 rings (SSSR count). The van der Waals surface area contributed by atoms with E-state index in [2.05, 4.69) is 44.5 Å². The quantitative estimate of drug-likeness (QED) is 0.256. The first-order chi connectivity index (χ1) is 13.7. The van der Waals surface area contributed by atoms with Crippen molar-refractivity contribution in [2.75, 3.05) is 51.3 Å². The zero-order valence-corrected chi connectivity index (χ0v) is 20.7.